The lowest BCUT2D eigenvalue weighted by molar-refractivity contribution is -0.136. The number of ether oxygens (including phenoxy) is 1. The number of alkyl halides is 3. The van der Waals surface area contributed by atoms with Gasteiger partial charge in [-0.3, -0.25) is 4.79 Å². The second-order valence-electron chi connectivity index (χ2n) is 4.65. The highest BCUT2D eigenvalue weighted by molar-refractivity contribution is 6.32. The average molecular weight is 323 g/mol. The van der Waals surface area contributed by atoms with Crippen molar-refractivity contribution in [2.75, 3.05) is 19.0 Å². The molecule has 2 rings (SSSR count). The lowest BCUT2D eigenvalue weighted by Crippen LogP contribution is -2.23. The Morgan fingerprint density at radius 1 is 1.43 bits per heavy atom. The number of likely N-dealkylation sites (N-methyl/N-ethyl adjacent to an activating group) is 1. The van der Waals surface area contributed by atoms with Crippen LogP contribution in [0.1, 0.15) is 24.4 Å². The first-order chi connectivity index (χ1) is 9.81. The lowest BCUT2D eigenvalue weighted by atomic mass is 10.1. The van der Waals surface area contributed by atoms with Gasteiger partial charge >= 0.3 is 6.18 Å². The van der Waals surface area contributed by atoms with Gasteiger partial charge in [-0.1, -0.05) is 11.6 Å². The van der Waals surface area contributed by atoms with Crippen molar-refractivity contribution in [3.05, 3.63) is 22.7 Å². The lowest BCUT2D eigenvalue weighted by Gasteiger charge is -2.12. The zero-order valence-corrected chi connectivity index (χ0v) is 11.9. The summed E-state index contributed by atoms with van der Waals surface area (Å²) >= 11 is 6.03. The number of rotatable bonds is 5. The van der Waals surface area contributed by atoms with Gasteiger partial charge in [0.2, 0.25) is 5.91 Å². The van der Waals surface area contributed by atoms with Gasteiger partial charge in [-0.25, -0.2) is 0 Å². The number of benzene rings is 1. The quantitative estimate of drug-likeness (QED) is 0.818. The molecule has 2 N–H and O–H groups in total. The van der Waals surface area contributed by atoms with Crippen LogP contribution in [0.3, 0.4) is 0 Å². The molecule has 116 valence electrons. The number of fused-ring (bicyclic) bond motifs is 1. The van der Waals surface area contributed by atoms with E-state index in [-0.39, 0.29) is 29.7 Å². The molecule has 1 unspecified atom stereocenters. The monoisotopic (exact) mass is 322 g/mol. The van der Waals surface area contributed by atoms with Gasteiger partial charge in [0.05, 0.1) is 11.6 Å². The van der Waals surface area contributed by atoms with Gasteiger partial charge in [-0.15, -0.1) is 0 Å². The van der Waals surface area contributed by atoms with Gasteiger partial charge in [0.15, 0.2) is 0 Å². The molecule has 1 aliphatic heterocycles. The van der Waals surface area contributed by atoms with Crippen LogP contribution in [0.4, 0.5) is 18.9 Å². The molecule has 1 aromatic carbocycles. The normalized spacial score (nSPS) is 17.6. The topological polar surface area (TPSA) is 50.4 Å². The Morgan fingerprint density at radius 3 is 2.76 bits per heavy atom. The standard InChI is InChI=1S/C13H14ClF3N2O2/c1-18-11-7-5-8(14)10(6-9(7)19-12(11)20)21-4-2-3-13(15,16)17/h5-6,11,18H,2-4H2,1H3,(H,19,20). The summed E-state index contributed by atoms with van der Waals surface area (Å²) in [7, 11) is 1.65. The maximum absolute atomic E-state index is 12.0. The number of amides is 1. The maximum Gasteiger partial charge on any atom is 0.389 e. The van der Waals surface area contributed by atoms with E-state index in [1.54, 1.807) is 13.1 Å². The number of nitrogens with one attached hydrogen (secondary N) is 2. The Morgan fingerprint density at radius 2 is 2.14 bits per heavy atom. The zero-order valence-electron chi connectivity index (χ0n) is 11.2. The average Bonchev–Trinajstić information content (AvgIpc) is 2.68. The molecule has 0 bridgehead atoms. The Balaban J connectivity index is 2.03. The van der Waals surface area contributed by atoms with Crippen LogP contribution in [-0.2, 0) is 4.79 Å². The molecule has 0 saturated heterocycles. The molecule has 1 aromatic rings. The number of hydrogen-bond donors (Lipinski definition) is 2. The summed E-state index contributed by atoms with van der Waals surface area (Å²) in [5, 5.41) is 5.77. The predicted octanol–water partition coefficient (Wildman–Crippen LogP) is 3.27. The van der Waals surface area contributed by atoms with Crippen LogP contribution in [0.2, 0.25) is 5.02 Å². The fraction of sp³-hybridized carbons (Fsp3) is 0.462. The summed E-state index contributed by atoms with van der Waals surface area (Å²) in [5.74, 6) is 0.0485. The number of carbonyl (C=O) groups excluding carboxylic acids is 1. The van der Waals surface area contributed by atoms with E-state index >= 15 is 0 Å². The van der Waals surface area contributed by atoms with Crippen LogP contribution in [0, 0.1) is 0 Å². The van der Waals surface area contributed by atoms with Gasteiger partial charge in [0.1, 0.15) is 11.8 Å². The minimum absolute atomic E-state index is 0.0958. The molecular weight excluding hydrogens is 309 g/mol. The van der Waals surface area contributed by atoms with Gasteiger partial charge in [-0.2, -0.15) is 13.2 Å². The van der Waals surface area contributed by atoms with Crippen LogP contribution in [0.25, 0.3) is 0 Å². The molecular formula is C13H14ClF3N2O2. The van der Waals surface area contributed by atoms with E-state index in [4.69, 9.17) is 16.3 Å². The second kappa shape index (κ2) is 6.11. The van der Waals surface area contributed by atoms with E-state index in [0.29, 0.717) is 11.3 Å². The Hall–Kier alpha value is -1.47. The second-order valence-corrected chi connectivity index (χ2v) is 5.06. The first-order valence-corrected chi connectivity index (χ1v) is 6.71. The minimum Gasteiger partial charge on any atom is -0.492 e. The largest absolute Gasteiger partial charge is 0.492 e. The zero-order chi connectivity index (χ0) is 15.6. The highest BCUT2D eigenvalue weighted by atomic mass is 35.5. The number of carbonyl (C=O) groups is 1. The van der Waals surface area contributed by atoms with Crippen LogP contribution in [0.15, 0.2) is 12.1 Å². The third-order valence-corrected chi connectivity index (χ3v) is 3.38. The van der Waals surface area contributed by atoms with Gasteiger partial charge in [-0.05, 0) is 19.5 Å². The Labute approximate surface area is 124 Å². The van der Waals surface area contributed by atoms with Crippen molar-refractivity contribution >= 4 is 23.2 Å². The SMILES string of the molecule is CNC1C(=O)Nc2cc(OCCCC(F)(F)F)c(Cl)cc21. The van der Waals surface area contributed by atoms with E-state index in [9.17, 15) is 18.0 Å². The van der Waals surface area contributed by atoms with Gasteiger partial charge in [0, 0.05) is 23.7 Å². The summed E-state index contributed by atoms with van der Waals surface area (Å²) in [4.78, 5) is 11.7. The van der Waals surface area contributed by atoms with E-state index in [2.05, 4.69) is 10.6 Å². The van der Waals surface area contributed by atoms with Crippen molar-refractivity contribution in [3.8, 4) is 5.75 Å². The smallest absolute Gasteiger partial charge is 0.389 e. The molecule has 0 fully saturated rings. The van der Waals surface area contributed by atoms with Crippen molar-refractivity contribution in [3.63, 3.8) is 0 Å². The highest BCUT2D eigenvalue weighted by Crippen LogP contribution is 2.38. The van der Waals surface area contributed by atoms with Crippen LogP contribution in [0.5, 0.6) is 5.75 Å². The summed E-state index contributed by atoms with van der Waals surface area (Å²) in [6.07, 6.45) is -5.25. The van der Waals surface area contributed by atoms with Crippen LogP contribution in [-0.4, -0.2) is 25.7 Å². The fourth-order valence-electron chi connectivity index (χ4n) is 2.11. The summed E-state index contributed by atoms with van der Waals surface area (Å²) in [5.41, 5.74) is 1.24. The maximum atomic E-state index is 12.0. The molecule has 1 atom stereocenters. The molecule has 1 amide bonds. The third kappa shape index (κ3) is 3.79. The van der Waals surface area contributed by atoms with E-state index in [1.165, 1.54) is 6.07 Å². The minimum atomic E-state index is -4.20. The molecule has 0 spiro atoms. The fourth-order valence-corrected chi connectivity index (χ4v) is 2.34. The van der Waals surface area contributed by atoms with Crippen molar-refractivity contribution in [1.29, 1.82) is 0 Å². The van der Waals surface area contributed by atoms with Gasteiger partial charge in [0.25, 0.3) is 0 Å². The number of hydrogen-bond acceptors (Lipinski definition) is 3. The number of anilines is 1. The van der Waals surface area contributed by atoms with E-state index in [0.717, 1.165) is 0 Å². The Bertz CT molecular complexity index is 549. The van der Waals surface area contributed by atoms with Crippen molar-refractivity contribution in [2.24, 2.45) is 0 Å². The van der Waals surface area contributed by atoms with E-state index in [1.807, 2.05) is 0 Å². The number of halogens is 4. The van der Waals surface area contributed by atoms with Crippen molar-refractivity contribution < 1.29 is 22.7 Å². The van der Waals surface area contributed by atoms with Crippen molar-refractivity contribution in [1.82, 2.24) is 5.32 Å². The van der Waals surface area contributed by atoms with Gasteiger partial charge < -0.3 is 15.4 Å². The van der Waals surface area contributed by atoms with E-state index < -0.39 is 18.6 Å². The summed E-state index contributed by atoms with van der Waals surface area (Å²) in [6.45, 7) is -0.0958. The molecule has 1 heterocycles. The summed E-state index contributed by atoms with van der Waals surface area (Å²) < 4.78 is 41.3. The third-order valence-electron chi connectivity index (χ3n) is 3.09. The highest BCUT2D eigenvalue weighted by Gasteiger charge is 2.30. The first-order valence-electron chi connectivity index (χ1n) is 6.33. The molecule has 0 saturated carbocycles. The summed E-state index contributed by atoms with van der Waals surface area (Å²) in [6, 6.07) is 2.62. The molecule has 21 heavy (non-hydrogen) atoms. The molecule has 0 aliphatic carbocycles. The first kappa shape index (κ1) is 15.9. The predicted molar refractivity (Wildman–Crippen MR) is 72.7 cm³/mol. The molecule has 8 heteroatoms. The molecule has 4 nitrogen and oxygen atoms in total. The van der Waals surface area contributed by atoms with Crippen LogP contribution >= 0.6 is 11.6 Å². The Kier molecular flexibility index (Phi) is 4.63. The van der Waals surface area contributed by atoms with Crippen LogP contribution < -0.4 is 15.4 Å². The molecule has 1 aliphatic rings. The van der Waals surface area contributed by atoms with Crippen molar-refractivity contribution in [2.45, 2.75) is 25.1 Å². The molecule has 0 radical (unpaired) electrons. The molecule has 0 aromatic heterocycles.